The first kappa shape index (κ1) is 14.6. The van der Waals surface area contributed by atoms with Crippen LogP contribution in [0.3, 0.4) is 0 Å². The van der Waals surface area contributed by atoms with Crippen molar-refractivity contribution < 1.29 is 9.59 Å². The summed E-state index contributed by atoms with van der Waals surface area (Å²) in [6, 6.07) is 7.21. The van der Waals surface area contributed by atoms with Gasteiger partial charge in [0.25, 0.3) is 0 Å². The minimum Gasteiger partial charge on any atom is -0.326 e. The molecule has 1 amide bonds. The monoisotopic (exact) mass is 284 g/mol. The molecule has 0 bridgehead atoms. The number of nitrogens with zero attached hydrogens (tertiary/aromatic N) is 2. The topological polar surface area (TPSA) is 84.0 Å². The van der Waals surface area contributed by atoms with E-state index in [9.17, 15) is 9.59 Å². The van der Waals surface area contributed by atoms with E-state index in [2.05, 4.69) is 20.6 Å². The highest BCUT2D eigenvalue weighted by Gasteiger charge is 2.07. The second-order valence-electron chi connectivity index (χ2n) is 4.64. The molecule has 0 atom stereocenters. The van der Waals surface area contributed by atoms with Crippen LogP contribution in [0.4, 0.5) is 17.3 Å². The number of hydrogen-bond acceptors (Lipinski definition) is 5. The Labute approximate surface area is 122 Å². The largest absolute Gasteiger partial charge is 0.326 e. The molecule has 2 rings (SSSR count). The lowest BCUT2D eigenvalue weighted by molar-refractivity contribution is -0.114. The summed E-state index contributed by atoms with van der Waals surface area (Å²) in [4.78, 5) is 30.7. The summed E-state index contributed by atoms with van der Waals surface area (Å²) in [6.45, 7) is 4.69. The molecule has 0 spiro atoms. The van der Waals surface area contributed by atoms with Gasteiger partial charge in [-0.15, -0.1) is 0 Å². The highest BCUT2D eigenvalue weighted by Crippen LogP contribution is 2.18. The second kappa shape index (κ2) is 6.13. The number of carbonyl (C=O) groups excluding carboxylic acids is 2. The van der Waals surface area contributed by atoms with Crippen molar-refractivity contribution in [2.75, 3.05) is 10.6 Å². The van der Waals surface area contributed by atoms with Gasteiger partial charge in [-0.2, -0.15) is 0 Å². The number of amides is 1. The summed E-state index contributed by atoms with van der Waals surface area (Å²) in [6.07, 6.45) is 1.50. The van der Waals surface area contributed by atoms with Crippen LogP contribution in [0.15, 0.2) is 30.5 Å². The van der Waals surface area contributed by atoms with Crippen LogP contribution in [0, 0.1) is 6.92 Å². The van der Waals surface area contributed by atoms with Gasteiger partial charge in [0, 0.05) is 24.5 Å². The van der Waals surface area contributed by atoms with Crippen molar-refractivity contribution in [3.63, 3.8) is 0 Å². The summed E-state index contributed by atoms with van der Waals surface area (Å²) < 4.78 is 0. The third-order valence-corrected chi connectivity index (χ3v) is 2.80. The van der Waals surface area contributed by atoms with Crippen molar-refractivity contribution >= 4 is 29.0 Å². The van der Waals surface area contributed by atoms with Gasteiger partial charge in [0.2, 0.25) is 11.9 Å². The third-order valence-electron chi connectivity index (χ3n) is 2.80. The van der Waals surface area contributed by atoms with E-state index in [4.69, 9.17) is 0 Å². The zero-order valence-corrected chi connectivity index (χ0v) is 12.1. The average molecular weight is 284 g/mol. The molecule has 108 valence electrons. The Morgan fingerprint density at radius 1 is 1.14 bits per heavy atom. The van der Waals surface area contributed by atoms with Crippen LogP contribution in [-0.4, -0.2) is 21.7 Å². The van der Waals surface area contributed by atoms with Crippen molar-refractivity contribution in [1.29, 1.82) is 0 Å². The predicted molar refractivity (Wildman–Crippen MR) is 80.8 cm³/mol. The first-order valence-corrected chi connectivity index (χ1v) is 6.45. The Morgan fingerprint density at radius 2 is 1.86 bits per heavy atom. The highest BCUT2D eigenvalue weighted by atomic mass is 16.1. The number of anilines is 3. The maximum absolute atomic E-state index is 11.3. The molecule has 0 radical (unpaired) electrons. The van der Waals surface area contributed by atoms with Crippen molar-refractivity contribution in [2.45, 2.75) is 20.8 Å². The van der Waals surface area contributed by atoms with Crippen LogP contribution in [0.2, 0.25) is 0 Å². The number of hydrogen-bond donors (Lipinski definition) is 2. The third kappa shape index (κ3) is 3.85. The summed E-state index contributed by atoms with van der Waals surface area (Å²) >= 11 is 0. The molecular formula is C15H16N4O2. The number of ketones is 1. The van der Waals surface area contributed by atoms with Crippen molar-refractivity contribution in [3.8, 4) is 0 Å². The van der Waals surface area contributed by atoms with E-state index in [0.29, 0.717) is 22.9 Å². The van der Waals surface area contributed by atoms with Gasteiger partial charge in [-0.05, 0) is 32.0 Å². The number of rotatable bonds is 4. The number of carbonyl (C=O) groups is 2. The van der Waals surface area contributed by atoms with Crippen molar-refractivity contribution in [2.24, 2.45) is 0 Å². The molecule has 1 aromatic carbocycles. The second-order valence-corrected chi connectivity index (χ2v) is 4.64. The quantitative estimate of drug-likeness (QED) is 0.843. The Morgan fingerprint density at radius 3 is 2.48 bits per heavy atom. The van der Waals surface area contributed by atoms with E-state index in [1.807, 2.05) is 12.1 Å². The van der Waals surface area contributed by atoms with E-state index in [0.717, 1.165) is 5.69 Å². The summed E-state index contributed by atoms with van der Waals surface area (Å²) in [5.41, 5.74) is 2.56. The van der Waals surface area contributed by atoms with E-state index in [1.165, 1.54) is 20.0 Å². The van der Waals surface area contributed by atoms with Gasteiger partial charge in [-0.1, -0.05) is 6.07 Å². The smallest absolute Gasteiger partial charge is 0.227 e. The highest BCUT2D eigenvalue weighted by molar-refractivity contribution is 5.94. The van der Waals surface area contributed by atoms with Crippen LogP contribution in [0.5, 0.6) is 0 Å². The Hall–Kier alpha value is -2.76. The lowest BCUT2D eigenvalue weighted by Gasteiger charge is -2.09. The molecule has 21 heavy (non-hydrogen) atoms. The summed E-state index contributed by atoms with van der Waals surface area (Å²) in [5, 5.41) is 5.74. The maximum Gasteiger partial charge on any atom is 0.227 e. The fourth-order valence-corrected chi connectivity index (χ4v) is 1.88. The molecular weight excluding hydrogens is 268 g/mol. The molecule has 1 aromatic heterocycles. The molecule has 0 saturated carbocycles. The van der Waals surface area contributed by atoms with Gasteiger partial charge in [0.15, 0.2) is 5.78 Å². The van der Waals surface area contributed by atoms with Gasteiger partial charge < -0.3 is 10.6 Å². The van der Waals surface area contributed by atoms with Gasteiger partial charge in [-0.25, -0.2) is 9.97 Å². The van der Waals surface area contributed by atoms with Gasteiger partial charge in [0.05, 0.1) is 11.3 Å². The zero-order valence-electron chi connectivity index (χ0n) is 12.1. The molecule has 2 N–H and O–H groups in total. The predicted octanol–water partition coefficient (Wildman–Crippen LogP) is 2.69. The Balaban J connectivity index is 2.20. The van der Waals surface area contributed by atoms with Gasteiger partial charge in [-0.3, -0.25) is 9.59 Å². The summed E-state index contributed by atoms with van der Waals surface area (Å²) in [5.74, 6) is 0.203. The van der Waals surface area contributed by atoms with Crippen LogP contribution in [-0.2, 0) is 4.79 Å². The average Bonchev–Trinajstić information content (AvgIpc) is 2.37. The lowest BCUT2D eigenvalue weighted by Crippen LogP contribution is -2.07. The molecule has 0 fully saturated rings. The van der Waals surface area contributed by atoms with E-state index < -0.39 is 0 Å². The number of aromatic nitrogens is 2. The minimum absolute atomic E-state index is 0.0632. The SMILES string of the molecule is CC(=O)Nc1cccc(Nc2ncc(C(C)=O)c(C)n2)c1. The maximum atomic E-state index is 11.3. The van der Waals surface area contributed by atoms with Crippen LogP contribution >= 0.6 is 0 Å². The van der Waals surface area contributed by atoms with Gasteiger partial charge in [0.1, 0.15) is 0 Å². The van der Waals surface area contributed by atoms with Crippen molar-refractivity contribution in [1.82, 2.24) is 9.97 Å². The van der Waals surface area contributed by atoms with E-state index >= 15 is 0 Å². The Kier molecular flexibility index (Phi) is 4.27. The van der Waals surface area contributed by atoms with E-state index in [-0.39, 0.29) is 11.7 Å². The number of benzene rings is 1. The number of aryl methyl sites for hydroxylation is 1. The van der Waals surface area contributed by atoms with Gasteiger partial charge >= 0.3 is 0 Å². The molecule has 6 heteroatoms. The fraction of sp³-hybridized carbons (Fsp3) is 0.200. The summed E-state index contributed by atoms with van der Waals surface area (Å²) in [7, 11) is 0. The standard InChI is InChI=1S/C15H16N4O2/c1-9-14(10(2)20)8-16-15(17-9)19-13-6-4-5-12(7-13)18-11(3)21/h4-8H,1-3H3,(H,18,21)(H,16,17,19). The number of nitrogens with one attached hydrogen (secondary N) is 2. The molecule has 6 nitrogen and oxygen atoms in total. The van der Waals surface area contributed by atoms with Crippen LogP contribution in [0.25, 0.3) is 0 Å². The Bertz CT molecular complexity index is 698. The van der Waals surface area contributed by atoms with Crippen molar-refractivity contribution in [3.05, 3.63) is 41.7 Å². The first-order chi connectivity index (χ1) is 9.95. The normalized spacial score (nSPS) is 10.0. The lowest BCUT2D eigenvalue weighted by atomic mass is 10.2. The molecule has 0 unspecified atom stereocenters. The van der Waals surface area contributed by atoms with Crippen LogP contribution in [0.1, 0.15) is 29.9 Å². The molecule has 1 heterocycles. The minimum atomic E-state index is -0.134. The number of Topliss-reactive ketones (excluding diaryl/α,β-unsaturated/α-hetero) is 1. The van der Waals surface area contributed by atoms with Crippen LogP contribution < -0.4 is 10.6 Å². The molecule has 0 aliphatic carbocycles. The first-order valence-electron chi connectivity index (χ1n) is 6.45. The zero-order chi connectivity index (χ0) is 15.4. The molecule has 0 aliphatic rings. The molecule has 2 aromatic rings. The molecule has 0 saturated heterocycles. The van der Waals surface area contributed by atoms with E-state index in [1.54, 1.807) is 19.1 Å². The fourth-order valence-electron chi connectivity index (χ4n) is 1.88. The molecule has 0 aliphatic heterocycles.